The molecular weight excluding hydrogens is 328 g/mol. The number of esters is 1. The van der Waals surface area contributed by atoms with E-state index in [9.17, 15) is 9.59 Å². The molecule has 0 aliphatic rings. The van der Waals surface area contributed by atoms with Crippen molar-refractivity contribution in [3.63, 3.8) is 0 Å². The molecule has 0 bridgehead atoms. The van der Waals surface area contributed by atoms with Gasteiger partial charge in [-0.15, -0.1) is 0 Å². The van der Waals surface area contributed by atoms with Crippen LogP contribution in [-0.2, 0) is 16.0 Å². The van der Waals surface area contributed by atoms with Gasteiger partial charge >= 0.3 is 5.97 Å². The highest BCUT2D eigenvalue weighted by atomic mass is 35.5. The SMILES string of the molecule is COC(=O)c1ccc(Cl)c(NC(=O)CNCCc2ccccc2)c1. The number of carbonyl (C=O) groups excluding carboxylic acids is 2. The van der Waals surface area contributed by atoms with Gasteiger partial charge in [-0.3, -0.25) is 4.79 Å². The highest BCUT2D eigenvalue weighted by molar-refractivity contribution is 6.33. The Labute approximate surface area is 146 Å². The lowest BCUT2D eigenvalue weighted by Crippen LogP contribution is -2.29. The number of hydrogen-bond acceptors (Lipinski definition) is 4. The minimum Gasteiger partial charge on any atom is -0.465 e. The zero-order valence-corrected chi connectivity index (χ0v) is 14.1. The number of nitrogens with one attached hydrogen (secondary N) is 2. The number of amides is 1. The standard InChI is InChI=1S/C18H19ClN2O3/c1-24-18(23)14-7-8-15(19)16(11-14)21-17(22)12-20-10-9-13-5-3-2-4-6-13/h2-8,11,20H,9-10,12H2,1H3,(H,21,22). The summed E-state index contributed by atoms with van der Waals surface area (Å²) in [7, 11) is 1.30. The lowest BCUT2D eigenvalue weighted by Gasteiger charge is -2.10. The fourth-order valence-corrected chi connectivity index (χ4v) is 2.30. The van der Waals surface area contributed by atoms with Crippen molar-refractivity contribution in [3.05, 3.63) is 64.7 Å². The van der Waals surface area contributed by atoms with E-state index < -0.39 is 5.97 Å². The number of methoxy groups -OCH3 is 1. The number of halogens is 1. The number of benzene rings is 2. The van der Waals surface area contributed by atoms with E-state index >= 15 is 0 Å². The average molecular weight is 347 g/mol. The van der Waals surface area contributed by atoms with Gasteiger partial charge in [-0.25, -0.2) is 4.79 Å². The van der Waals surface area contributed by atoms with Crippen LogP contribution < -0.4 is 10.6 Å². The Morgan fingerprint density at radius 2 is 1.88 bits per heavy atom. The van der Waals surface area contributed by atoms with E-state index in [1.165, 1.54) is 18.7 Å². The molecule has 0 unspecified atom stereocenters. The molecule has 2 aromatic rings. The molecular formula is C18H19ClN2O3. The van der Waals surface area contributed by atoms with Crippen LogP contribution in [0.4, 0.5) is 5.69 Å². The van der Waals surface area contributed by atoms with Crippen molar-refractivity contribution >= 4 is 29.2 Å². The van der Waals surface area contributed by atoms with Crippen LogP contribution in [0.15, 0.2) is 48.5 Å². The summed E-state index contributed by atoms with van der Waals surface area (Å²) in [4.78, 5) is 23.5. The van der Waals surface area contributed by atoms with Gasteiger partial charge in [0.05, 0.1) is 29.9 Å². The second kappa shape index (κ2) is 9.05. The molecule has 0 aromatic heterocycles. The molecule has 0 aliphatic heterocycles. The molecule has 0 aliphatic carbocycles. The quantitative estimate of drug-likeness (QED) is 0.597. The van der Waals surface area contributed by atoms with Gasteiger partial charge in [0.25, 0.3) is 0 Å². The Bertz CT molecular complexity index is 705. The number of rotatable bonds is 7. The molecule has 0 saturated heterocycles. The summed E-state index contributed by atoms with van der Waals surface area (Å²) in [5.41, 5.74) is 1.92. The summed E-state index contributed by atoms with van der Waals surface area (Å²) in [6.07, 6.45) is 0.840. The first-order valence-electron chi connectivity index (χ1n) is 7.52. The van der Waals surface area contributed by atoms with Crippen LogP contribution in [0.1, 0.15) is 15.9 Å². The van der Waals surface area contributed by atoms with Crippen LogP contribution >= 0.6 is 11.6 Å². The second-order valence-electron chi connectivity index (χ2n) is 5.15. The molecule has 5 nitrogen and oxygen atoms in total. The Hall–Kier alpha value is -2.37. The topological polar surface area (TPSA) is 67.4 Å². The molecule has 2 aromatic carbocycles. The lowest BCUT2D eigenvalue weighted by atomic mass is 10.1. The average Bonchev–Trinajstić information content (AvgIpc) is 2.61. The predicted molar refractivity (Wildman–Crippen MR) is 94.4 cm³/mol. The van der Waals surface area contributed by atoms with E-state index in [1.807, 2.05) is 30.3 Å². The Kier molecular flexibility index (Phi) is 6.78. The number of ether oxygens (including phenoxy) is 1. The van der Waals surface area contributed by atoms with Crippen molar-refractivity contribution < 1.29 is 14.3 Å². The van der Waals surface area contributed by atoms with Gasteiger partial charge in [-0.1, -0.05) is 41.9 Å². The monoisotopic (exact) mass is 346 g/mol. The van der Waals surface area contributed by atoms with Crippen LogP contribution in [0.2, 0.25) is 5.02 Å². The largest absolute Gasteiger partial charge is 0.465 e. The maximum atomic E-state index is 12.0. The van der Waals surface area contributed by atoms with Crippen molar-refractivity contribution in [1.82, 2.24) is 5.32 Å². The van der Waals surface area contributed by atoms with Crippen molar-refractivity contribution in [1.29, 1.82) is 0 Å². The first kappa shape index (κ1) is 18.0. The first-order chi connectivity index (χ1) is 11.6. The fraction of sp³-hybridized carbons (Fsp3) is 0.222. The van der Waals surface area contributed by atoms with Gasteiger partial charge in [0.2, 0.25) is 5.91 Å². The molecule has 0 fully saturated rings. The number of anilines is 1. The number of carbonyl (C=O) groups is 2. The summed E-state index contributed by atoms with van der Waals surface area (Å²) >= 11 is 6.04. The van der Waals surface area contributed by atoms with E-state index in [1.54, 1.807) is 12.1 Å². The van der Waals surface area contributed by atoms with E-state index in [0.717, 1.165) is 6.42 Å². The molecule has 0 heterocycles. The molecule has 6 heteroatoms. The fourth-order valence-electron chi connectivity index (χ4n) is 2.14. The van der Waals surface area contributed by atoms with E-state index in [4.69, 9.17) is 11.6 Å². The van der Waals surface area contributed by atoms with E-state index in [2.05, 4.69) is 15.4 Å². The van der Waals surface area contributed by atoms with Gasteiger partial charge < -0.3 is 15.4 Å². The zero-order chi connectivity index (χ0) is 17.4. The van der Waals surface area contributed by atoms with Crippen LogP contribution in [0.3, 0.4) is 0 Å². The van der Waals surface area contributed by atoms with Crippen molar-refractivity contribution in [2.45, 2.75) is 6.42 Å². The molecule has 0 radical (unpaired) electrons. The smallest absolute Gasteiger partial charge is 0.337 e. The van der Waals surface area contributed by atoms with E-state index in [0.29, 0.717) is 22.8 Å². The van der Waals surface area contributed by atoms with Gasteiger partial charge in [0, 0.05) is 0 Å². The molecule has 2 N–H and O–H groups in total. The summed E-state index contributed by atoms with van der Waals surface area (Å²) in [6, 6.07) is 14.6. The zero-order valence-electron chi connectivity index (χ0n) is 13.3. The van der Waals surface area contributed by atoms with Crippen LogP contribution in [0.25, 0.3) is 0 Å². The normalized spacial score (nSPS) is 10.2. The summed E-state index contributed by atoms with van der Waals surface area (Å²) in [6.45, 7) is 0.846. The molecule has 0 spiro atoms. The minimum atomic E-state index is -0.483. The van der Waals surface area contributed by atoms with Gasteiger partial charge in [-0.05, 0) is 36.7 Å². The summed E-state index contributed by atoms with van der Waals surface area (Å²) in [5.74, 6) is -0.713. The Morgan fingerprint density at radius 1 is 1.12 bits per heavy atom. The van der Waals surface area contributed by atoms with Gasteiger partial charge in [-0.2, -0.15) is 0 Å². The third-order valence-corrected chi connectivity index (χ3v) is 3.71. The molecule has 0 atom stereocenters. The summed E-state index contributed by atoms with van der Waals surface area (Å²) < 4.78 is 4.65. The Balaban J connectivity index is 1.82. The van der Waals surface area contributed by atoms with Crippen LogP contribution in [-0.4, -0.2) is 32.1 Å². The number of hydrogen-bond donors (Lipinski definition) is 2. The Morgan fingerprint density at radius 3 is 2.58 bits per heavy atom. The second-order valence-corrected chi connectivity index (χ2v) is 5.55. The van der Waals surface area contributed by atoms with Crippen LogP contribution in [0.5, 0.6) is 0 Å². The first-order valence-corrected chi connectivity index (χ1v) is 7.90. The molecule has 0 saturated carbocycles. The molecule has 24 heavy (non-hydrogen) atoms. The third kappa shape index (κ3) is 5.37. The third-order valence-electron chi connectivity index (χ3n) is 3.38. The van der Waals surface area contributed by atoms with E-state index in [-0.39, 0.29) is 12.5 Å². The molecule has 2 rings (SSSR count). The summed E-state index contributed by atoms with van der Waals surface area (Å²) in [5, 5.41) is 6.12. The van der Waals surface area contributed by atoms with Crippen molar-refractivity contribution in [2.75, 3.05) is 25.5 Å². The molecule has 1 amide bonds. The predicted octanol–water partition coefficient (Wildman–Crippen LogP) is 2.90. The highest BCUT2D eigenvalue weighted by Gasteiger charge is 2.11. The van der Waals surface area contributed by atoms with Crippen LogP contribution in [0, 0.1) is 0 Å². The maximum Gasteiger partial charge on any atom is 0.337 e. The lowest BCUT2D eigenvalue weighted by molar-refractivity contribution is -0.115. The molecule has 126 valence electrons. The van der Waals surface area contributed by atoms with Gasteiger partial charge in [0.15, 0.2) is 0 Å². The van der Waals surface area contributed by atoms with Crippen molar-refractivity contribution in [2.24, 2.45) is 0 Å². The highest BCUT2D eigenvalue weighted by Crippen LogP contribution is 2.23. The maximum absolute atomic E-state index is 12.0. The van der Waals surface area contributed by atoms with Crippen molar-refractivity contribution in [3.8, 4) is 0 Å². The minimum absolute atomic E-state index is 0.158. The van der Waals surface area contributed by atoms with Gasteiger partial charge in [0.1, 0.15) is 0 Å².